The van der Waals surface area contributed by atoms with Crippen molar-refractivity contribution < 1.29 is 73.2 Å². The second-order valence-corrected chi connectivity index (χ2v) is 22.3. The number of ether oxygens (including phenoxy) is 4. The molecule has 0 saturated carbocycles. The fourth-order valence-corrected chi connectivity index (χ4v) is 9.64. The molecular formula is C68H74AcCl4N2O6. The molecule has 81 heavy (non-hydrogen) atoms. The third-order valence-electron chi connectivity index (χ3n) is 13.7. The molecule has 0 aromatic heterocycles. The molecule has 0 aliphatic heterocycles. The van der Waals surface area contributed by atoms with E-state index >= 15 is 0 Å². The summed E-state index contributed by atoms with van der Waals surface area (Å²) >= 11 is 24.6. The standard InChI is InChI=1S/2C34H37Cl2NO3.Ac/c2*1-25-5-17-32(18-6-25)39-23-31(38)24-40-33-19-7-26(8-20-33)4-3-21-37(2)22-34(27-9-13-29(35)14-10-27)28-11-15-30(36)16-12-28;/h2*5-20,31,34,38H,3-4,21-24H2,1-2H3;. The van der Waals surface area contributed by atoms with Gasteiger partial charge in [0.1, 0.15) is 61.6 Å². The van der Waals surface area contributed by atoms with Gasteiger partial charge in [-0.2, -0.15) is 0 Å². The predicted molar refractivity (Wildman–Crippen MR) is 330 cm³/mol. The van der Waals surface area contributed by atoms with Crippen LogP contribution in [-0.2, 0) is 12.8 Å². The molecule has 0 bridgehead atoms. The number of aliphatic hydroxyl groups is 2. The third kappa shape index (κ3) is 23.5. The largest absolute Gasteiger partial charge is 0.491 e. The Bertz CT molecular complexity index is 2710. The van der Waals surface area contributed by atoms with Crippen molar-refractivity contribution >= 4 is 46.4 Å². The Kier molecular flexibility index (Phi) is 28.2. The van der Waals surface area contributed by atoms with E-state index in [4.69, 9.17) is 65.4 Å². The minimum atomic E-state index is -0.707. The predicted octanol–water partition coefficient (Wildman–Crippen LogP) is 15.6. The Morgan fingerprint density at radius 2 is 0.593 bits per heavy atom. The Morgan fingerprint density at radius 1 is 0.358 bits per heavy atom. The van der Waals surface area contributed by atoms with Crippen molar-refractivity contribution in [3.63, 3.8) is 0 Å². The van der Waals surface area contributed by atoms with E-state index in [1.54, 1.807) is 0 Å². The molecule has 423 valence electrons. The molecular weight excluding hydrogens is 1310 g/mol. The molecule has 0 aliphatic carbocycles. The topological polar surface area (TPSA) is 83.9 Å². The van der Waals surface area contributed by atoms with Crippen LogP contribution in [0.1, 0.15) is 69.2 Å². The molecule has 0 amide bonds. The molecule has 2 unspecified atom stereocenters. The van der Waals surface area contributed by atoms with E-state index in [-0.39, 0.29) is 82.3 Å². The third-order valence-corrected chi connectivity index (χ3v) is 14.8. The second-order valence-electron chi connectivity index (χ2n) is 20.5. The number of halogens is 4. The van der Waals surface area contributed by atoms with Crippen molar-refractivity contribution in [2.45, 2.75) is 63.6 Å². The van der Waals surface area contributed by atoms with Crippen LogP contribution < -0.4 is 18.9 Å². The van der Waals surface area contributed by atoms with E-state index in [1.807, 2.05) is 135 Å². The molecule has 2 N–H and O–H groups in total. The van der Waals surface area contributed by atoms with E-state index in [0.29, 0.717) is 0 Å². The first-order chi connectivity index (χ1) is 38.7. The minimum Gasteiger partial charge on any atom is -0.491 e. The van der Waals surface area contributed by atoms with Gasteiger partial charge in [-0.1, -0.05) is 155 Å². The quantitative estimate of drug-likeness (QED) is 0.0502. The number of aryl methyl sites for hydroxylation is 4. The molecule has 8 rings (SSSR count). The van der Waals surface area contributed by atoms with Crippen molar-refractivity contribution in [3.05, 3.63) is 259 Å². The molecule has 0 fully saturated rings. The number of nitrogens with zero attached hydrogens (tertiary/aromatic N) is 2. The maximum absolute atomic E-state index is 10.2. The van der Waals surface area contributed by atoms with Crippen LogP contribution in [0.15, 0.2) is 194 Å². The summed E-state index contributed by atoms with van der Waals surface area (Å²) in [4.78, 5) is 4.76. The van der Waals surface area contributed by atoms with Crippen LogP contribution in [0.3, 0.4) is 0 Å². The van der Waals surface area contributed by atoms with Crippen LogP contribution in [0, 0.1) is 57.9 Å². The van der Waals surface area contributed by atoms with E-state index < -0.39 is 12.2 Å². The van der Waals surface area contributed by atoms with Crippen LogP contribution in [0.2, 0.25) is 20.1 Å². The zero-order valence-electron chi connectivity index (χ0n) is 46.8. The van der Waals surface area contributed by atoms with Gasteiger partial charge in [-0.25, -0.2) is 0 Å². The molecule has 8 aromatic carbocycles. The van der Waals surface area contributed by atoms with Crippen LogP contribution in [-0.4, -0.2) is 98.9 Å². The van der Waals surface area contributed by atoms with Crippen molar-refractivity contribution in [2.75, 3.05) is 66.7 Å². The first-order valence-electron chi connectivity index (χ1n) is 27.3. The van der Waals surface area contributed by atoms with Gasteiger partial charge in [0.05, 0.1) is 0 Å². The molecule has 0 heterocycles. The summed E-state index contributed by atoms with van der Waals surface area (Å²) in [5.74, 6) is 3.42. The maximum Gasteiger partial charge on any atom is 0.122 e. The van der Waals surface area contributed by atoms with Crippen LogP contribution in [0.4, 0.5) is 0 Å². The first-order valence-corrected chi connectivity index (χ1v) is 28.8. The van der Waals surface area contributed by atoms with Crippen molar-refractivity contribution in [2.24, 2.45) is 0 Å². The van der Waals surface area contributed by atoms with Gasteiger partial charge < -0.3 is 39.0 Å². The fourth-order valence-electron chi connectivity index (χ4n) is 9.14. The van der Waals surface area contributed by atoms with Crippen molar-refractivity contribution in [1.82, 2.24) is 9.80 Å². The summed E-state index contributed by atoms with van der Waals surface area (Å²) in [5.41, 5.74) is 9.81. The minimum absolute atomic E-state index is 0. The average Bonchev–Trinajstić information content (AvgIpc) is 3.46. The molecule has 8 nitrogen and oxygen atoms in total. The van der Waals surface area contributed by atoms with E-state index in [9.17, 15) is 10.2 Å². The van der Waals surface area contributed by atoms with Gasteiger partial charge in [-0.05, 0) is 197 Å². The summed E-state index contributed by atoms with van der Waals surface area (Å²) in [6.45, 7) is 8.52. The number of hydrogen-bond donors (Lipinski definition) is 2. The van der Waals surface area contributed by atoms with Crippen LogP contribution >= 0.6 is 46.4 Å². The van der Waals surface area contributed by atoms with Gasteiger partial charge in [0.2, 0.25) is 0 Å². The summed E-state index contributed by atoms with van der Waals surface area (Å²) in [5, 5.41) is 23.4. The van der Waals surface area contributed by atoms with Crippen LogP contribution in [0.25, 0.3) is 0 Å². The number of benzene rings is 8. The number of hydrogen-bond acceptors (Lipinski definition) is 8. The zero-order chi connectivity index (χ0) is 56.6. The Labute approximate surface area is 536 Å². The molecule has 0 aliphatic rings. The van der Waals surface area contributed by atoms with Gasteiger partial charge in [-0.15, -0.1) is 0 Å². The Balaban J connectivity index is 0.000000258. The number of likely N-dealkylation sites (N-methyl/N-ethyl adjacent to an activating group) is 2. The van der Waals surface area contributed by atoms with Crippen molar-refractivity contribution in [1.29, 1.82) is 0 Å². The first kappa shape index (κ1) is 65.6. The SMILES string of the molecule is Cc1ccc(OCC(O)COc2ccc(CCCN(C)CC(c3ccc(Cl)cc3)c3ccc(Cl)cc3)cc2)cc1.Cc1ccc(OCC(O)COc2ccc(CCCN(C)CC(c3ccc(Cl)cc3)c3ccc(Cl)cc3)cc2)cc1.[Ac]. The second kappa shape index (κ2) is 34.9. The smallest absolute Gasteiger partial charge is 0.122 e. The number of aliphatic hydroxyl groups excluding tert-OH is 2. The summed E-state index contributed by atoms with van der Waals surface area (Å²) in [6.07, 6.45) is 2.62. The monoisotopic (exact) mass is 1380 g/mol. The van der Waals surface area contributed by atoms with E-state index in [0.717, 1.165) is 95.0 Å². The number of rotatable bonds is 28. The molecule has 1 radical (unpaired) electrons. The van der Waals surface area contributed by atoms with Gasteiger partial charge in [0, 0.05) is 89.1 Å². The Hall–Kier alpha value is -4.60. The Morgan fingerprint density at radius 3 is 0.840 bits per heavy atom. The summed E-state index contributed by atoms with van der Waals surface area (Å²) in [6, 6.07) is 64.2. The fraction of sp³-hybridized carbons (Fsp3) is 0.294. The van der Waals surface area contributed by atoms with Crippen molar-refractivity contribution in [3.8, 4) is 23.0 Å². The summed E-state index contributed by atoms with van der Waals surface area (Å²) < 4.78 is 22.8. The van der Waals surface area contributed by atoms with Gasteiger partial charge >= 0.3 is 0 Å². The molecule has 0 spiro atoms. The molecule has 2 atom stereocenters. The molecule has 0 saturated heterocycles. The maximum atomic E-state index is 10.2. The molecule has 8 aromatic rings. The zero-order valence-corrected chi connectivity index (χ0v) is 54.6. The van der Waals surface area contributed by atoms with E-state index in [2.05, 4.69) is 96.7 Å². The normalized spacial score (nSPS) is 11.9. The van der Waals surface area contributed by atoms with E-state index in [1.165, 1.54) is 44.5 Å². The summed E-state index contributed by atoms with van der Waals surface area (Å²) in [7, 11) is 4.34. The van der Waals surface area contributed by atoms with Crippen LogP contribution in [0.5, 0.6) is 23.0 Å². The van der Waals surface area contributed by atoms with Gasteiger partial charge in [-0.3, -0.25) is 0 Å². The average molecular weight is 1380 g/mol. The van der Waals surface area contributed by atoms with Gasteiger partial charge in [0.15, 0.2) is 0 Å². The molecule has 13 heteroatoms. The van der Waals surface area contributed by atoms with Gasteiger partial charge in [0.25, 0.3) is 0 Å².